The minimum Gasteiger partial charge on any atom is -0.480 e. The maximum atomic E-state index is 12.3. The summed E-state index contributed by atoms with van der Waals surface area (Å²) in [6, 6.07) is 6.69. The highest BCUT2D eigenvalue weighted by molar-refractivity contribution is 5.95. The zero-order valence-corrected chi connectivity index (χ0v) is 12.9. The second kappa shape index (κ2) is 6.40. The molecule has 1 atom stereocenters. The van der Waals surface area contributed by atoms with E-state index in [-0.39, 0.29) is 18.2 Å². The summed E-state index contributed by atoms with van der Waals surface area (Å²) < 4.78 is 0. The molecule has 3 rings (SSSR count). The molecule has 0 saturated carbocycles. The van der Waals surface area contributed by atoms with Crippen molar-refractivity contribution in [3.05, 3.63) is 29.8 Å². The number of carbonyl (C=O) groups is 3. The van der Waals surface area contributed by atoms with Gasteiger partial charge in [0.2, 0.25) is 11.8 Å². The number of likely N-dealkylation sites (tertiary alicyclic amines) is 1. The van der Waals surface area contributed by atoms with E-state index < -0.39 is 12.0 Å². The van der Waals surface area contributed by atoms with E-state index >= 15 is 0 Å². The van der Waals surface area contributed by atoms with E-state index in [0.29, 0.717) is 19.4 Å². The largest absolute Gasteiger partial charge is 0.480 e. The fourth-order valence-corrected chi connectivity index (χ4v) is 3.31. The van der Waals surface area contributed by atoms with Crippen molar-refractivity contribution in [2.24, 2.45) is 0 Å². The molecule has 0 radical (unpaired) electrons. The molecule has 0 unspecified atom stereocenters. The van der Waals surface area contributed by atoms with Crippen LogP contribution in [0.5, 0.6) is 0 Å². The Labute approximate surface area is 134 Å². The smallest absolute Gasteiger partial charge is 0.326 e. The van der Waals surface area contributed by atoms with E-state index in [9.17, 15) is 14.4 Å². The molecule has 122 valence electrons. The van der Waals surface area contributed by atoms with Gasteiger partial charge in [0.05, 0.1) is 6.42 Å². The molecule has 23 heavy (non-hydrogen) atoms. The van der Waals surface area contributed by atoms with E-state index in [2.05, 4.69) is 0 Å². The molecule has 2 heterocycles. The number of hydrogen-bond acceptors (Lipinski definition) is 3. The van der Waals surface area contributed by atoms with Gasteiger partial charge in [-0.2, -0.15) is 0 Å². The molecular weight excluding hydrogens is 296 g/mol. The van der Waals surface area contributed by atoms with Gasteiger partial charge in [0.15, 0.2) is 0 Å². The zero-order chi connectivity index (χ0) is 16.4. The van der Waals surface area contributed by atoms with Crippen LogP contribution in [0.4, 0.5) is 5.69 Å². The molecule has 2 fully saturated rings. The van der Waals surface area contributed by atoms with Gasteiger partial charge in [-0.15, -0.1) is 0 Å². The van der Waals surface area contributed by atoms with Crippen molar-refractivity contribution in [1.82, 2.24) is 4.90 Å². The Morgan fingerprint density at radius 2 is 1.87 bits per heavy atom. The van der Waals surface area contributed by atoms with Crippen LogP contribution >= 0.6 is 0 Å². The maximum absolute atomic E-state index is 12.3. The lowest BCUT2D eigenvalue weighted by atomic mass is 10.1. The standard InChI is InChI=1S/C17H20N2O4/c20-15-4-2-9-18(15)13-7-5-12(6-8-13)11-16(21)19-10-1-3-14(19)17(22)23/h5-8,14H,1-4,9-11H2,(H,22,23)/t14-/m1/s1. The van der Waals surface area contributed by atoms with Crippen LogP contribution in [0.15, 0.2) is 24.3 Å². The van der Waals surface area contributed by atoms with E-state index in [1.807, 2.05) is 24.3 Å². The number of aliphatic carboxylic acids is 1. The molecule has 1 N–H and O–H groups in total. The molecule has 1 aromatic carbocycles. The van der Waals surface area contributed by atoms with Crippen LogP contribution in [0.25, 0.3) is 0 Å². The lowest BCUT2D eigenvalue weighted by Crippen LogP contribution is -2.41. The second-order valence-corrected chi connectivity index (χ2v) is 6.08. The number of nitrogens with zero attached hydrogens (tertiary/aromatic N) is 2. The minimum absolute atomic E-state index is 0.134. The first-order chi connectivity index (χ1) is 11.1. The molecule has 2 amide bonds. The maximum Gasteiger partial charge on any atom is 0.326 e. The molecule has 6 heteroatoms. The summed E-state index contributed by atoms with van der Waals surface area (Å²) in [6.45, 7) is 1.25. The van der Waals surface area contributed by atoms with Gasteiger partial charge in [0.25, 0.3) is 0 Å². The molecule has 2 aliphatic heterocycles. The number of carboxylic acids is 1. The van der Waals surface area contributed by atoms with Crippen molar-refractivity contribution in [1.29, 1.82) is 0 Å². The van der Waals surface area contributed by atoms with E-state index in [4.69, 9.17) is 5.11 Å². The molecule has 2 aliphatic rings. The van der Waals surface area contributed by atoms with Crippen LogP contribution in [0.1, 0.15) is 31.2 Å². The summed E-state index contributed by atoms with van der Waals surface area (Å²) >= 11 is 0. The molecule has 0 aromatic heterocycles. The summed E-state index contributed by atoms with van der Waals surface area (Å²) in [4.78, 5) is 38.4. The Morgan fingerprint density at radius 1 is 1.13 bits per heavy atom. The van der Waals surface area contributed by atoms with Gasteiger partial charge in [0.1, 0.15) is 6.04 Å². The highest BCUT2D eigenvalue weighted by Gasteiger charge is 2.33. The Morgan fingerprint density at radius 3 is 2.48 bits per heavy atom. The second-order valence-electron chi connectivity index (χ2n) is 6.08. The van der Waals surface area contributed by atoms with Crippen molar-refractivity contribution >= 4 is 23.5 Å². The molecule has 6 nitrogen and oxygen atoms in total. The summed E-state index contributed by atoms with van der Waals surface area (Å²) in [5.41, 5.74) is 1.69. The highest BCUT2D eigenvalue weighted by atomic mass is 16.4. The Kier molecular flexibility index (Phi) is 4.32. The lowest BCUT2D eigenvalue weighted by molar-refractivity contribution is -0.148. The molecule has 0 spiro atoms. The number of anilines is 1. The normalized spacial score (nSPS) is 21.0. The average molecular weight is 316 g/mol. The quantitative estimate of drug-likeness (QED) is 0.911. The molecule has 2 saturated heterocycles. The van der Waals surface area contributed by atoms with Gasteiger partial charge >= 0.3 is 5.97 Å². The summed E-state index contributed by atoms with van der Waals surface area (Å²) in [7, 11) is 0. The number of carboxylic acid groups (broad SMARTS) is 1. The predicted molar refractivity (Wildman–Crippen MR) is 84.1 cm³/mol. The van der Waals surface area contributed by atoms with Gasteiger partial charge in [-0.05, 0) is 37.0 Å². The van der Waals surface area contributed by atoms with Crippen LogP contribution in [0.3, 0.4) is 0 Å². The van der Waals surface area contributed by atoms with Gasteiger partial charge in [-0.25, -0.2) is 4.79 Å². The van der Waals surface area contributed by atoms with E-state index in [1.54, 1.807) is 4.90 Å². The summed E-state index contributed by atoms with van der Waals surface area (Å²) in [5, 5.41) is 9.15. The summed E-state index contributed by atoms with van der Waals surface area (Å²) in [6.07, 6.45) is 2.92. The van der Waals surface area contributed by atoms with Crippen LogP contribution in [-0.4, -0.2) is 46.9 Å². The number of benzene rings is 1. The third kappa shape index (κ3) is 3.21. The van der Waals surface area contributed by atoms with Crippen LogP contribution in [0.2, 0.25) is 0 Å². The average Bonchev–Trinajstić information content (AvgIpc) is 3.17. The SMILES string of the molecule is O=C(O)[C@H]1CCCN1C(=O)Cc1ccc(N2CCCC2=O)cc1. The van der Waals surface area contributed by atoms with Crippen molar-refractivity contribution in [2.75, 3.05) is 18.0 Å². The first-order valence-corrected chi connectivity index (χ1v) is 7.98. The third-order valence-electron chi connectivity index (χ3n) is 4.53. The van der Waals surface area contributed by atoms with E-state index in [0.717, 1.165) is 30.6 Å². The summed E-state index contributed by atoms with van der Waals surface area (Å²) in [5.74, 6) is -0.950. The Bertz CT molecular complexity index is 626. The number of amides is 2. The third-order valence-corrected chi connectivity index (χ3v) is 4.53. The van der Waals surface area contributed by atoms with Crippen LogP contribution in [0, 0.1) is 0 Å². The van der Waals surface area contributed by atoms with Crippen molar-refractivity contribution in [2.45, 2.75) is 38.1 Å². The Hall–Kier alpha value is -2.37. The number of hydrogen-bond donors (Lipinski definition) is 1. The first-order valence-electron chi connectivity index (χ1n) is 7.98. The lowest BCUT2D eigenvalue weighted by Gasteiger charge is -2.21. The number of rotatable bonds is 4. The highest BCUT2D eigenvalue weighted by Crippen LogP contribution is 2.23. The van der Waals surface area contributed by atoms with Crippen LogP contribution < -0.4 is 4.90 Å². The topological polar surface area (TPSA) is 77.9 Å². The minimum atomic E-state index is -0.932. The molecule has 0 bridgehead atoms. The van der Waals surface area contributed by atoms with Gasteiger partial charge in [-0.3, -0.25) is 9.59 Å². The predicted octanol–water partition coefficient (Wildman–Crippen LogP) is 1.43. The van der Waals surface area contributed by atoms with Gasteiger partial charge in [-0.1, -0.05) is 12.1 Å². The molecule has 0 aliphatic carbocycles. The fourth-order valence-electron chi connectivity index (χ4n) is 3.31. The van der Waals surface area contributed by atoms with Crippen molar-refractivity contribution in [3.63, 3.8) is 0 Å². The number of carbonyl (C=O) groups excluding carboxylic acids is 2. The molecule has 1 aromatic rings. The van der Waals surface area contributed by atoms with E-state index in [1.165, 1.54) is 4.90 Å². The zero-order valence-electron chi connectivity index (χ0n) is 12.9. The Balaban J connectivity index is 1.65. The monoisotopic (exact) mass is 316 g/mol. The fraction of sp³-hybridized carbons (Fsp3) is 0.471. The van der Waals surface area contributed by atoms with Crippen molar-refractivity contribution in [3.8, 4) is 0 Å². The van der Waals surface area contributed by atoms with Crippen molar-refractivity contribution < 1.29 is 19.5 Å². The van der Waals surface area contributed by atoms with Gasteiger partial charge in [0, 0.05) is 25.2 Å². The molecular formula is C17H20N2O4. The first kappa shape index (κ1) is 15.5. The van der Waals surface area contributed by atoms with Crippen LogP contribution in [-0.2, 0) is 20.8 Å². The van der Waals surface area contributed by atoms with Gasteiger partial charge < -0.3 is 14.9 Å².